The maximum atomic E-state index is 13.3. The van der Waals surface area contributed by atoms with E-state index in [-0.39, 0.29) is 11.7 Å². The number of hydrogen-bond acceptors (Lipinski definition) is 10. The molecule has 0 bridgehead atoms. The van der Waals surface area contributed by atoms with Gasteiger partial charge in [-0.3, -0.25) is 4.98 Å². The van der Waals surface area contributed by atoms with Gasteiger partial charge in [-0.15, -0.1) is 11.3 Å². The number of thiazole rings is 1. The number of rotatable bonds is 7. The van der Waals surface area contributed by atoms with Gasteiger partial charge in [0.2, 0.25) is 5.95 Å². The Morgan fingerprint density at radius 2 is 1.92 bits per heavy atom. The Labute approximate surface area is 224 Å². The van der Waals surface area contributed by atoms with Crippen molar-refractivity contribution in [3.8, 4) is 10.6 Å². The molecule has 0 amide bonds. The molecule has 1 fully saturated rings. The zero-order valence-corrected chi connectivity index (χ0v) is 22.6. The van der Waals surface area contributed by atoms with Crippen molar-refractivity contribution in [2.24, 2.45) is 11.8 Å². The zero-order chi connectivity index (χ0) is 27.2. The Kier molecular flexibility index (Phi) is 7.21. The lowest BCUT2D eigenvalue weighted by molar-refractivity contribution is -0.0601. The van der Waals surface area contributed by atoms with Crippen molar-refractivity contribution < 1.29 is 19.7 Å². The predicted octanol–water partition coefficient (Wildman–Crippen LogP) is 3.90. The van der Waals surface area contributed by atoms with Crippen molar-refractivity contribution in [1.29, 1.82) is 0 Å². The smallest absolute Gasteiger partial charge is 0.224 e. The molecule has 3 aromatic heterocycles. The summed E-state index contributed by atoms with van der Waals surface area (Å²) in [6.45, 7) is 7.58. The number of halogens is 1. The molecule has 11 heteroatoms. The lowest BCUT2D eigenvalue weighted by atomic mass is 9.88. The van der Waals surface area contributed by atoms with Crippen molar-refractivity contribution in [2.45, 2.75) is 64.4 Å². The van der Waals surface area contributed by atoms with Gasteiger partial charge in [0.25, 0.3) is 0 Å². The van der Waals surface area contributed by atoms with Gasteiger partial charge in [-0.2, -0.15) is 4.98 Å². The lowest BCUT2D eigenvalue weighted by Gasteiger charge is -2.28. The molecule has 0 saturated heterocycles. The van der Waals surface area contributed by atoms with Crippen LogP contribution >= 0.6 is 11.3 Å². The standard InChI is InChI=1S/C27H33FN6O3S/c1-13-20(25-33-21-14(2)29-10-9-19(21)38-25)24(32-18-11-17(27(3,4)37)22(35)23(18)36)34-26(31-13)30-12-15-5-7-16(28)8-6-15/h5,7-10,15,17-18,22-23,35-37H,6,11-12H2,1-4H3,(H2,30,31,32,34)/t15?,17-,18+,22+,23-/m0/s1. The number of nitrogens with zero attached hydrogens (tertiary/aromatic N) is 4. The molecule has 5 N–H and O–H groups in total. The highest BCUT2D eigenvalue weighted by molar-refractivity contribution is 7.21. The maximum Gasteiger partial charge on any atom is 0.224 e. The number of fused-ring (bicyclic) bond motifs is 1. The summed E-state index contributed by atoms with van der Waals surface area (Å²) in [5, 5.41) is 39.4. The van der Waals surface area contributed by atoms with Crippen LogP contribution in [0.3, 0.4) is 0 Å². The van der Waals surface area contributed by atoms with Crippen molar-refractivity contribution >= 4 is 33.3 Å². The van der Waals surface area contributed by atoms with E-state index in [0.29, 0.717) is 47.4 Å². The van der Waals surface area contributed by atoms with Gasteiger partial charge < -0.3 is 26.0 Å². The summed E-state index contributed by atoms with van der Waals surface area (Å²) in [4.78, 5) is 18.6. The molecule has 2 aliphatic carbocycles. The maximum absolute atomic E-state index is 13.3. The first-order chi connectivity index (χ1) is 18.0. The van der Waals surface area contributed by atoms with E-state index in [1.165, 1.54) is 17.4 Å². The van der Waals surface area contributed by atoms with Gasteiger partial charge in [0.05, 0.1) is 39.4 Å². The van der Waals surface area contributed by atoms with Gasteiger partial charge in [-0.05, 0) is 64.7 Å². The zero-order valence-electron chi connectivity index (χ0n) is 21.8. The minimum Gasteiger partial charge on any atom is -0.390 e. The normalized spacial score (nSPS) is 25.6. The molecule has 5 atom stereocenters. The van der Waals surface area contributed by atoms with Gasteiger partial charge in [0, 0.05) is 18.7 Å². The highest BCUT2D eigenvalue weighted by atomic mass is 32.1. The van der Waals surface area contributed by atoms with Crippen LogP contribution < -0.4 is 10.6 Å². The van der Waals surface area contributed by atoms with E-state index in [1.807, 2.05) is 26.0 Å². The second-order valence-corrected chi connectivity index (χ2v) is 11.7. The van der Waals surface area contributed by atoms with Crippen LogP contribution in [0.1, 0.15) is 38.1 Å². The lowest BCUT2D eigenvalue weighted by Crippen LogP contribution is -2.40. The van der Waals surface area contributed by atoms with Crippen molar-refractivity contribution in [2.75, 3.05) is 17.2 Å². The van der Waals surface area contributed by atoms with E-state index < -0.39 is 29.8 Å². The number of anilines is 2. The van der Waals surface area contributed by atoms with E-state index in [1.54, 1.807) is 26.1 Å². The van der Waals surface area contributed by atoms with Gasteiger partial charge >= 0.3 is 0 Å². The van der Waals surface area contributed by atoms with Gasteiger partial charge in [0.15, 0.2) is 0 Å². The van der Waals surface area contributed by atoms with Crippen LogP contribution in [-0.4, -0.2) is 65.7 Å². The molecule has 0 radical (unpaired) electrons. The summed E-state index contributed by atoms with van der Waals surface area (Å²) in [6.07, 6.45) is 5.36. The average Bonchev–Trinajstić information content (AvgIpc) is 3.41. The topological polar surface area (TPSA) is 136 Å². The Hall–Kier alpha value is -2.99. The number of aliphatic hydroxyl groups excluding tert-OH is 2. The number of aromatic nitrogens is 4. The first-order valence-electron chi connectivity index (χ1n) is 12.7. The minimum atomic E-state index is -1.16. The van der Waals surface area contributed by atoms with Crippen molar-refractivity contribution in [3.63, 3.8) is 0 Å². The molecule has 0 spiro atoms. The Balaban J connectivity index is 1.50. The molecule has 3 heterocycles. The van der Waals surface area contributed by atoms with Crippen LogP contribution in [0.4, 0.5) is 16.2 Å². The molecular weight excluding hydrogens is 507 g/mol. The number of allylic oxidation sites excluding steroid dienone is 3. The molecule has 2 aliphatic rings. The number of hydrogen-bond donors (Lipinski definition) is 5. The monoisotopic (exact) mass is 540 g/mol. The molecule has 0 aliphatic heterocycles. The number of aryl methyl sites for hydroxylation is 2. The third kappa shape index (κ3) is 5.28. The highest BCUT2D eigenvalue weighted by Crippen LogP contribution is 2.40. The summed E-state index contributed by atoms with van der Waals surface area (Å²) >= 11 is 1.50. The third-order valence-electron chi connectivity index (χ3n) is 7.37. The van der Waals surface area contributed by atoms with Gasteiger partial charge in [0.1, 0.15) is 28.3 Å². The van der Waals surface area contributed by atoms with Crippen molar-refractivity contribution in [3.05, 3.63) is 47.7 Å². The van der Waals surface area contributed by atoms with Crippen LogP contribution in [0.25, 0.3) is 20.8 Å². The summed E-state index contributed by atoms with van der Waals surface area (Å²) in [6, 6.07) is 1.37. The SMILES string of the molecule is Cc1nc(NCC2C=CC(F)=CC2)nc(N[C@@H]2C[C@H](C(C)(C)O)[C@@H](O)[C@H]2O)c1-c1nc2c(C)nccc2s1. The Morgan fingerprint density at radius 1 is 1.13 bits per heavy atom. The fourth-order valence-corrected chi connectivity index (χ4v) is 6.28. The van der Waals surface area contributed by atoms with Crippen molar-refractivity contribution in [1.82, 2.24) is 19.9 Å². The minimum absolute atomic E-state index is 0.105. The summed E-state index contributed by atoms with van der Waals surface area (Å²) in [5.74, 6) is 0.230. The van der Waals surface area contributed by atoms with E-state index in [0.717, 1.165) is 15.9 Å². The van der Waals surface area contributed by atoms with Gasteiger partial charge in [-0.1, -0.05) is 6.08 Å². The van der Waals surface area contributed by atoms with E-state index >= 15 is 0 Å². The average molecular weight is 541 g/mol. The predicted molar refractivity (Wildman–Crippen MR) is 147 cm³/mol. The van der Waals surface area contributed by atoms with Crippen LogP contribution in [0, 0.1) is 25.7 Å². The van der Waals surface area contributed by atoms with E-state index in [2.05, 4.69) is 20.6 Å². The number of aliphatic hydroxyl groups is 3. The molecule has 3 aromatic rings. The fraction of sp³-hybridized carbons (Fsp3) is 0.481. The summed E-state index contributed by atoms with van der Waals surface area (Å²) < 4.78 is 14.3. The molecule has 38 heavy (non-hydrogen) atoms. The second kappa shape index (κ2) is 10.3. The first kappa shape index (κ1) is 26.6. The van der Waals surface area contributed by atoms with E-state index in [4.69, 9.17) is 9.97 Å². The largest absolute Gasteiger partial charge is 0.390 e. The second-order valence-electron chi connectivity index (χ2n) is 10.7. The Morgan fingerprint density at radius 3 is 2.58 bits per heavy atom. The molecule has 202 valence electrons. The van der Waals surface area contributed by atoms with Gasteiger partial charge in [-0.25, -0.2) is 14.4 Å². The number of nitrogens with one attached hydrogen (secondary N) is 2. The molecule has 9 nitrogen and oxygen atoms in total. The molecule has 1 saturated carbocycles. The molecule has 0 aromatic carbocycles. The quantitative estimate of drug-likeness (QED) is 0.302. The molecular formula is C27H33FN6O3S. The molecule has 5 rings (SSSR count). The molecule has 1 unspecified atom stereocenters. The van der Waals surface area contributed by atoms with Crippen LogP contribution in [0.15, 0.2) is 36.3 Å². The third-order valence-corrected chi connectivity index (χ3v) is 8.41. The summed E-state index contributed by atoms with van der Waals surface area (Å²) in [5.41, 5.74) is 1.86. The summed E-state index contributed by atoms with van der Waals surface area (Å²) in [7, 11) is 0. The fourth-order valence-electron chi connectivity index (χ4n) is 5.17. The van der Waals surface area contributed by atoms with E-state index in [9.17, 15) is 19.7 Å². The van der Waals surface area contributed by atoms with Crippen LogP contribution in [0.2, 0.25) is 0 Å². The highest BCUT2D eigenvalue weighted by Gasteiger charge is 2.48. The first-order valence-corrected chi connectivity index (χ1v) is 13.6. The van der Waals surface area contributed by atoms with Crippen LogP contribution in [-0.2, 0) is 0 Å². The van der Waals surface area contributed by atoms with Crippen LogP contribution in [0.5, 0.6) is 0 Å². The Bertz CT molecular complexity index is 1400. The number of pyridine rings is 1.